The molecule has 2 unspecified atom stereocenters. The molecule has 2 bridgehead atoms. The van der Waals surface area contributed by atoms with Crippen molar-refractivity contribution in [1.29, 1.82) is 0 Å². The van der Waals surface area contributed by atoms with Crippen LogP contribution in [0.15, 0.2) is 18.3 Å². The first kappa shape index (κ1) is 14.5. The van der Waals surface area contributed by atoms with Crippen LogP contribution >= 0.6 is 0 Å². The van der Waals surface area contributed by atoms with E-state index in [4.69, 9.17) is 0 Å². The van der Waals surface area contributed by atoms with Crippen LogP contribution < -0.4 is 5.32 Å². The molecule has 0 saturated carbocycles. The monoisotopic (exact) mass is 298 g/mol. The molecule has 1 aromatic heterocycles. The minimum atomic E-state index is -4.42. The lowest BCUT2D eigenvalue weighted by molar-refractivity contribution is -0.137. The number of alkyl halides is 3. The number of aromatic nitrogens is 1. The second-order valence-electron chi connectivity index (χ2n) is 5.95. The van der Waals surface area contributed by atoms with Crippen LogP contribution in [0.4, 0.5) is 13.2 Å². The first-order chi connectivity index (χ1) is 9.93. The topological polar surface area (TPSA) is 42.0 Å². The highest BCUT2D eigenvalue weighted by Gasteiger charge is 2.36. The maximum absolute atomic E-state index is 12.5. The van der Waals surface area contributed by atoms with Crippen molar-refractivity contribution in [1.82, 2.24) is 10.3 Å². The fourth-order valence-corrected chi connectivity index (χ4v) is 3.40. The summed E-state index contributed by atoms with van der Waals surface area (Å²) in [5, 5.41) is 3.50. The normalized spacial score (nSPS) is 29.2. The minimum Gasteiger partial charge on any atom is -0.311 e. The number of piperidine rings is 2. The summed E-state index contributed by atoms with van der Waals surface area (Å²) in [6, 6.07) is 2.85. The molecule has 0 radical (unpaired) electrons. The fourth-order valence-electron chi connectivity index (χ4n) is 3.40. The summed E-state index contributed by atoms with van der Waals surface area (Å²) in [4.78, 5) is 16.1. The van der Waals surface area contributed by atoms with E-state index in [0.29, 0.717) is 12.1 Å². The minimum absolute atomic E-state index is 0.120. The third-order valence-electron chi connectivity index (χ3n) is 4.43. The molecule has 3 heterocycles. The Morgan fingerprint density at radius 3 is 2.38 bits per heavy atom. The molecule has 3 nitrogen and oxygen atoms in total. The van der Waals surface area contributed by atoms with E-state index < -0.39 is 11.7 Å². The summed E-state index contributed by atoms with van der Waals surface area (Å²) in [7, 11) is 0. The van der Waals surface area contributed by atoms with Crippen LogP contribution in [0.3, 0.4) is 0 Å². The average Bonchev–Trinajstić information content (AvgIpc) is 2.45. The molecule has 0 amide bonds. The summed E-state index contributed by atoms with van der Waals surface area (Å²) in [6.07, 6.45) is 1.18. The van der Waals surface area contributed by atoms with Crippen LogP contribution in [0.1, 0.15) is 48.2 Å². The molecular formula is C15H17F3N2O. The van der Waals surface area contributed by atoms with Crippen molar-refractivity contribution < 1.29 is 18.0 Å². The van der Waals surface area contributed by atoms with Gasteiger partial charge in [-0.05, 0) is 37.8 Å². The smallest absolute Gasteiger partial charge is 0.311 e. The number of fused-ring (bicyclic) bond motifs is 2. The number of pyridine rings is 1. The van der Waals surface area contributed by atoms with Gasteiger partial charge in [0.15, 0.2) is 5.78 Å². The lowest BCUT2D eigenvalue weighted by Gasteiger charge is -2.39. The van der Waals surface area contributed by atoms with Gasteiger partial charge in [0.2, 0.25) is 0 Å². The third kappa shape index (κ3) is 3.10. The van der Waals surface area contributed by atoms with Crippen LogP contribution in [0.25, 0.3) is 0 Å². The van der Waals surface area contributed by atoms with Crippen LogP contribution in [0.2, 0.25) is 0 Å². The molecule has 3 rings (SSSR count). The second-order valence-corrected chi connectivity index (χ2v) is 5.95. The van der Waals surface area contributed by atoms with E-state index in [1.807, 2.05) is 0 Å². The number of Topliss-reactive ketones (excluding diaryl/α,β-unsaturated/α-hetero) is 1. The van der Waals surface area contributed by atoms with E-state index in [9.17, 15) is 18.0 Å². The molecule has 0 spiro atoms. The Balaban J connectivity index is 1.73. The predicted octanol–water partition coefficient (Wildman–Crippen LogP) is 3.20. The molecule has 1 N–H and O–H groups in total. The standard InChI is InChI=1S/C15H17F3N2O/c16-15(17,18)10-4-5-13(19-8-10)14(21)9-6-11-2-1-3-12(7-9)20-11/h4-5,8-9,11-12,20H,1-3,6-7H2. The first-order valence-electron chi connectivity index (χ1n) is 7.27. The summed E-state index contributed by atoms with van der Waals surface area (Å²) < 4.78 is 37.5. The Labute approximate surface area is 120 Å². The van der Waals surface area contributed by atoms with Crippen molar-refractivity contribution in [2.75, 3.05) is 0 Å². The molecule has 2 aliphatic rings. The Hall–Kier alpha value is -1.43. The van der Waals surface area contributed by atoms with Crippen LogP contribution in [-0.4, -0.2) is 22.9 Å². The van der Waals surface area contributed by atoms with Crippen molar-refractivity contribution >= 4 is 5.78 Å². The maximum Gasteiger partial charge on any atom is 0.417 e. The Morgan fingerprint density at radius 1 is 1.19 bits per heavy atom. The van der Waals surface area contributed by atoms with Crippen LogP contribution in [0.5, 0.6) is 0 Å². The van der Waals surface area contributed by atoms with E-state index in [-0.39, 0.29) is 17.4 Å². The number of carbonyl (C=O) groups is 1. The number of halogens is 3. The largest absolute Gasteiger partial charge is 0.417 e. The van der Waals surface area contributed by atoms with Gasteiger partial charge >= 0.3 is 6.18 Å². The summed E-state index contributed by atoms with van der Waals surface area (Å²) in [6.45, 7) is 0. The molecule has 1 aromatic rings. The zero-order valence-corrected chi connectivity index (χ0v) is 11.5. The first-order valence-corrected chi connectivity index (χ1v) is 7.27. The van der Waals surface area contributed by atoms with Crippen LogP contribution in [-0.2, 0) is 6.18 Å². The van der Waals surface area contributed by atoms with Gasteiger partial charge in [0, 0.05) is 24.2 Å². The second kappa shape index (κ2) is 5.40. The molecule has 2 fully saturated rings. The van der Waals surface area contributed by atoms with Gasteiger partial charge in [-0.15, -0.1) is 0 Å². The van der Waals surface area contributed by atoms with Crippen molar-refractivity contribution in [3.63, 3.8) is 0 Å². The number of rotatable bonds is 2. The van der Waals surface area contributed by atoms with Crippen molar-refractivity contribution in [3.05, 3.63) is 29.6 Å². The molecule has 6 heteroatoms. The highest BCUT2D eigenvalue weighted by atomic mass is 19.4. The maximum atomic E-state index is 12.5. The van der Waals surface area contributed by atoms with E-state index in [1.165, 1.54) is 12.5 Å². The molecule has 21 heavy (non-hydrogen) atoms. The molecule has 2 aliphatic heterocycles. The van der Waals surface area contributed by atoms with Gasteiger partial charge in [-0.25, -0.2) is 0 Å². The lowest BCUT2D eigenvalue weighted by Crippen LogP contribution is -2.50. The van der Waals surface area contributed by atoms with E-state index in [1.54, 1.807) is 0 Å². The highest BCUT2D eigenvalue weighted by molar-refractivity contribution is 5.96. The number of hydrogen-bond acceptors (Lipinski definition) is 3. The number of ketones is 1. The lowest BCUT2D eigenvalue weighted by atomic mass is 9.78. The van der Waals surface area contributed by atoms with Gasteiger partial charge in [-0.3, -0.25) is 9.78 Å². The third-order valence-corrected chi connectivity index (χ3v) is 4.43. The number of nitrogens with zero attached hydrogens (tertiary/aromatic N) is 1. The van der Waals surface area contributed by atoms with Crippen LogP contribution in [0, 0.1) is 5.92 Å². The van der Waals surface area contributed by atoms with Gasteiger partial charge < -0.3 is 5.32 Å². The number of nitrogens with one attached hydrogen (secondary N) is 1. The predicted molar refractivity (Wildman–Crippen MR) is 70.9 cm³/mol. The quantitative estimate of drug-likeness (QED) is 0.853. The van der Waals surface area contributed by atoms with Gasteiger partial charge in [-0.2, -0.15) is 13.2 Å². The summed E-state index contributed by atoms with van der Waals surface area (Å²) in [5.41, 5.74) is -0.672. The Bertz CT molecular complexity index is 515. The van der Waals surface area contributed by atoms with Crippen molar-refractivity contribution in [2.24, 2.45) is 5.92 Å². The van der Waals surface area contributed by atoms with Gasteiger partial charge in [0.25, 0.3) is 0 Å². The molecule has 0 aliphatic carbocycles. The van der Waals surface area contributed by atoms with Gasteiger partial charge in [0.1, 0.15) is 5.69 Å². The highest BCUT2D eigenvalue weighted by Crippen LogP contribution is 2.32. The number of carbonyl (C=O) groups excluding carboxylic acids is 1. The Morgan fingerprint density at radius 2 is 1.86 bits per heavy atom. The molecule has 2 atom stereocenters. The molecule has 0 aromatic carbocycles. The zero-order chi connectivity index (χ0) is 15.0. The zero-order valence-electron chi connectivity index (χ0n) is 11.5. The van der Waals surface area contributed by atoms with E-state index in [2.05, 4.69) is 10.3 Å². The van der Waals surface area contributed by atoms with Gasteiger partial charge in [0.05, 0.1) is 5.56 Å². The van der Waals surface area contributed by atoms with E-state index in [0.717, 1.165) is 37.9 Å². The van der Waals surface area contributed by atoms with Crippen molar-refractivity contribution in [2.45, 2.75) is 50.4 Å². The van der Waals surface area contributed by atoms with Gasteiger partial charge in [-0.1, -0.05) is 6.42 Å². The molecule has 2 saturated heterocycles. The summed E-state index contributed by atoms with van der Waals surface area (Å²) in [5.74, 6) is -0.243. The fraction of sp³-hybridized carbons (Fsp3) is 0.600. The summed E-state index contributed by atoms with van der Waals surface area (Å²) >= 11 is 0. The van der Waals surface area contributed by atoms with E-state index >= 15 is 0 Å². The Kier molecular flexibility index (Phi) is 3.73. The number of hydrogen-bond donors (Lipinski definition) is 1. The SMILES string of the molecule is O=C(c1ccc(C(F)(F)F)cn1)C1CC2CCCC(C1)N2. The average molecular weight is 298 g/mol. The van der Waals surface area contributed by atoms with Crippen molar-refractivity contribution in [3.8, 4) is 0 Å². The molecule has 114 valence electrons. The molecular weight excluding hydrogens is 281 g/mol.